The Morgan fingerprint density at radius 3 is 0.706 bits per heavy atom. The van der Waals surface area contributed by atoms with E-state index in [9.17, 15) is 39.6 Å². The monoisotopic (exact) mass is 460 g/mol. The summed E-state index contributed by atoms with van der Waals surface area (Å²) in [6.07, 6.45) is 1.54. The van der Waals surface area contributed by atoms with Crippen LogP contribution in [0.2, 0.25) is 0 Å². The van der Waals surface area contributed by atoms with E-state index in [1.165, 1.54) is 0 Å². The fourth-order valence-electron chi connectivity index (χ4n) is 0.272. The van der Waals surface area contributed by atoms with Crippen LogP contribution in [0.1, 0.15) is 0 Å². The molecule has 17 heavy (non-hydrogen) atoms. The van der Waals surface area contributed by atoms with E-state index in [0.29, 0.717) is 24.3 Å². The van der Waals surface area contributed by atoms with Gasteiger partial charge in [0.2, 0.25) is 0 Å². The van der Waals surface area contributed by atoms with Gasteiger partial charge in [-0.05, 0) is 24.3 Å². The summed E-state index contributed by atoms with van der Waals surface area (Å²) in [7, 11) is 0. The third kappa shape index (κ3) is 31.3. The van der Waals surface area contributed by atoms with Crippen LogP contribution in [-0.4, -0.2) is 23.9 Å². The van der Waals surface area contributed by atoms with Gasteiger partial charge < -0.3 is 39.6 Å². The smallest absolute Gasteiger partial charge is 0.545 e. The molecular weight excluding hydrogens is 456 g/mol. The fraction of sp³-hybridized carbons (Fsp3) is 0. The van der Waals surface area contributed by atoms with Gasteiger partial charge in [0, 0.05) is 0 Å². The van der Waals surface area contributed by atoms with Gasteiger partial charge in [0.1, 0.15) is 0 Å². The van der Waals surface area contributed by atoms with Crippen LogP contribution >= 0.6 is 0 Å². The van der Waals surface area contributed by atoms with Crippen molar-refractivity contribution in [2.45, 2.75) is 0 Å². The number of carbonyl (C=O) groups excluding carboxylic acids is 4. The van der Waals surface area contributed by atoms with Gasteiger partial charge >= 0.3 is 39.9 Å². The first-order chi connectivity index (χ1) is 7.25. The summed E-state index contributed by atoms with van der Waals surface area (Å²) in [6.45, 7) is 0. The summed E-state index contributed by atoms with van der Waals surface area (Å²) in [4.78, 5) is 37.7. The maximum Gasteiger partial charge on any atom is 4.00 e. The average Bonchev–Trinajstić information content (AvgIpc) is 2.12. The predicted octanol–water partition coefficient (Wildman–Crippen LogP) is -5.92. The first kappa shape index (κ1) is 21.0. The van der Waals surface area contributed by atoms with Crippen molar-refractivity contribution in [1.82, 2.24) is 0 Å². The molecule has 0 spiro atoms. The number of hydrogen-bond donors (Lipinski definition) is 0. The number of carbonyl (C=O) groups is 4. The first-order valence-electron chi connectivity index (χ1n) is 3.45. The Labute approximate surface area is 127 Å². The summed E-state index contributed by atoms with van der Waals surface area (Å²) in [5, 5.41) is 37.7. The van der Waals surface area contributed by atoms with E-state index in [1.807, 2.05) is 0 Å². The predicted molar refractivity (Wildman–Crippen MR) is 38.3 cm³/mol. The molecule has 0 fully saturated rings. The minimum absolute atomic E-state index is 0. The summed E-state index contributed by atoms with van der Waals surface area (Å²) in [6, 6.07) is 0. The van der Waals surface area contributed by atoms with Crippen molar-refractivity contribution in [3.05, 3.63) is 24.3 Å². The zero-order valence-electron chi connectivity index (χ0n) is 8.08. The molecule has 0 saturated heterocycles. The van der Waals surface area contributed by atoms with Crippen LogP contribution in [0.25, 0.3) is 0 Å². The Bertz CT molecular complexity index is 277. The molecule has 0 aromatic heterocycles. The quantitative estimate of drug-likeness (QED) is 0.375. The van der Waals surface area contributed by atoms with Gasteiger partial charge in [0.15, 0.2) is 0 Å². The third-order valence-corrected chi connectivity index (χ3v) is 0.711. The largest absolute Gasteiger partial charge is 4.00 e. The molecule has 0 aliphatic heterocycles. The molecule has 88 valence electrons. The van der Waals surface area contributed by atoms with Gasteiger partial charge in [-0.25, -0.2) is 0 Å². The van der Waals surface area contributed by atoms with Gasteiger partial charge in [-0.15, -0.1) is 0 Å². The molecule has 0 heterocycles. The third-order valence-electron chi connectivity index (χ3n) is 0.711. The minimum atomic E-state index is -1.55. The van der Waals surface area contributed by atoms with E-state index in [2.05, 4.69) is 0 Å². The zero-order valence-corrected chi connectivity index (χ0v) is 12.2. The topological polar surface area (TPSA) is 161 Å². The van der Waals surface area contributed by atoms with E-state index in [-0.39, 0.29) is 39.9 Å². The Hall–Kier alpha value is -1.32. The Morgan fingerprint density at radius 2 is 0.647 bits per heavy atom. The number of aliphatic carboxylic acids is 4. The fourth-order valence-corrected chi connectivity index (χ4v) is 0.272. The Balaban J connectivity index is -0.000000218. The van der Waals surface area contributed by atoms with Crippen LogP contribution in [0.4, 0.5) is 0 Å². The summed E-state index contributed by atoms with van der Waals surface area (Å²) in [5.74, 6) is -6.19. The molecule has 0 aromatic carbocycles. The van der Waals surface area contributed by atoms with Crippen LogP contribution in [0, 0.1) is 39.9 Å². The van der Waals surface area contributed by atoms with Gasteiger partial charge in [0.05, 0.1) is 23.9 Å². The van der Waals surface area contributed by atoms with E-state index in [0.717, 1.165) is 0 Å². The van der Waals surface area contributed by atoms with Crippen molar-refractivity contribution >= 4 is 23.9 Å². The molecule has 0 aliphatic rings. The molecule has 0 amide bonds. The van der Waals surface area contributed by atoms with Crippen LogP contribution in [-0.2, 0) is 19.2 Å². The molecule has 0 unspecified atom stereocenters. The van der Waals surface area contributed by atoms with E-state index < -0.39 is 23.9 Å². The number of carboxylic acids is 4. The van der Waals surface area contributed by atoms with E-state index in [4.69, 9.17) is 0 Å². The maximum absolute atomic E-state index is 9.41. The number of rotatable bonds is 4. The van der Waals surface area contributed by atoms with Crippen molar-refractivity contribution in [3.63, 3.8) is 0 Å². The van der Waals surface area contributed by atoms with E-state index >= 15 is 0 Å². The molecule has 0 aromatic rings. The van der Waals surface area contributed by atoms with Crippen LogP contribution in [0.3, 0.4) is 0 Å². The van der Waals surface area contributed by atoms with Gasteiger partial charge in [-0.2, -0.15) is 0 Å². The van der Waals surface area contributed by atoms with Gasteiger partial charge in [-0.3, -0.25) is 0 Å². The number of carboxylic acid groups (broad SMARTS) is 4. The standard InChI is InChI=1S/2C4H4O4.Th/c2*5-3(6)1-2-4(7)8;/h2*1-2H,(H,5,6)(H,7,8);/q;;+4/p-4/b2*2-1+;. The molecule has 0 saturated carbocycles. The molecule has 0 bridgehead atoms. The zero-order chi connectivity index (χ0) is 13.1. The molecule has 0 rings (SSSR count). The van der Waals surface area contributed by atoms with Crippen molar-refractivity contribution in [1.29, 1.82) is 0 Å². The van der Waals surface area contributed by atoms with Crippen LogP contribution in [0.15, 0.2) is 24.3 Å². The molecule has 8 nitrogen and oxygen atoms in total. The number of hydrogen-bond acceptors (Lipinski definition) is 8. The SMILES string of the molecule is O=C([O-])/C=C/C(=O)[O-].O=C([O-])/C=C/C(=O)[O-].[Th+4]. The van der Waals surface area contributed by atoms with Gasteiger partial charge in [0.25, 0.3) is 0 Å². The first-order valence-corrected chi connectivity index (χ1v) is 3.45. The Kier molecular flexibility index (Phi) is 15.8. The van der Waals surface area contributed by atoms with Crippen LogP contribution < -0.4 is 20.4 Å². The average molecular weight is 460 g/mol. The second-order valence-electron chi connectivity index (χ2n) is 1.94. The van der Waals surface area contributed by atoms with Crippen molar-refractivity contribution in [3.8, 4) is 0 Å². The summed E-state index contributed by atoms with van der Waals surface area (Å²) >= 11 is 0. The van der Waals surface area contributed by atoms with Crippen molar-refractivity contribution in [2.75, 3.05) is 0 Å². The molecule has 9 heteroatoms. The van der Waals surface area contributed by atoms with Crippen molar-refractivity contribution in [2.24, 2.45) is 0 Å². The van der Waals surface area contributed by atoms with Crippen LogP contribution in [0.5, 0.6) is 0 Å². The molecule has 0 radical (unpaired) electrons. The summed E-state index contributed by atoms with van der Waals surface area (Å²) in [5.41, 5.74) is 0. The normalized spacial score (nSPS) is 8.94. The Morgan fingerprint density at radius 1 is 0.529 bits per heavy atom. The van der Waals surface area contributed by atoms with E-state index in [1.54, 1.807) is 0 Å². The second-order valence-corrected chi connectivity index (χ2v) is 1.94. The second kappa shape index (κ2) is 12.8. The molecule has 0 aliphatic carbocycles. The maximum atomic E-state index is 9.41. The molecule has 0 N–H and O–H groups in total. The molecule has 0 atom stereocenters. The summed E-state index contributed by atoms with van der Waals surface area (Å²) < 4.78 is 0. The van der Waals surface area contributed by atoms with Crippen molar-refractivity contribution < 1.29 is 79.5 Å². The van der Waals surface area contributed by atoms with Gasteiger partial charge in [-0.1, -0.05) is 0 Å². The molecular formula is C8H4O8Th. The minimum Gasteiger partial charge on any atom is -0.545 e.